The van der Waals surface area contributed by atoms with Crippen molar-refractivity contribution in [3.63, 3.8) is 0 Å². The molecular weight excluding hydrogens is 124 g/mol. The molecule has 2 saturated heterocycles. The second kappa shape index (κ2) is 2.51. The highest BCUT2D eigenvalue weighted by molar-refractivity contribution is 4.89. The van der Waals surface area contributed by atoms with Gasteiger partial charge in [-0.3, -0.25) is 4.90 Å². The summed E-state index contributed by atoms with van der Waals surface area (Å²) in [5, 5.41) is 3.44. The van der Waals surface area contributed by atoms with E-state index in [2.05, 4.69) is 17.1 Å². The standard InChI is InChI=1S/C8H16N2/c1-7-2-3-8-6-9-4-5-10(7)8/h7-9H,2-6H2,1H3. The second-order valence-electron chi connectivity index (χ2n) is 3.52. The maximum absolute atomic E-state index is 3.44. The van der Waals surface area contributed by atoms with Gasteiger partial charge in [0.25, 0.3) is 0 Å². The van der Waals surface area contributed by atoms with Crippen molar-refractivity contribution >= 4 is 0 Å². The Kier molecular flexibility index (Phi) is 1.66. The average Bonchev–Trinajstić information content (AvgIpc) is 2.34. The number of nitrogens with zero attached hydrogens (tertiary/aromatic N) is 1. The van der Waals surface area contributed by atoms with Crippen molar-refractivity contribution < 1.29 is 0 Å². The van der Waals surface area contributed by atoms with Gasteiger partial charge >= 0.3 is 0 Å². The zero-order chi connectivity index (χ0) is 6.97. The molecule has 2 nitrogen and oxygen atoms in total. The molecule has 2 aliphatic heterocycles. The van der Waals surface area contributed by atoms with Gasteiger partial charge in [-0.2, -0.15) is 0 Å². The Morgan fingerprint density at radius 1 is 1.40 bits per heavy atom. The van der Waals surface area contributed by atoms with Crippen LogP contribution in [0.15, 0.2) is 0 Å². The Morgan fingerprint density at radius 2 is 2.30 bits per heavy atom. The lowest BCUT2D eigenvalue weighted by molar-refractivity contribution is 0.170. The highest BCUT2D eigenvalue weighted by Crippen LogP contribution is 2.23. The summed E-state index contributed by atoms with van der Waals surface area (Å²) in [6.07, 6.45) is 2.82. The number of hydrogen-bond donors (Lipinski definition) is 1. The average molecular weight is 140 g/mol. The summed E-state index contributed by atoms with van der Waals surface area (Å²) in [7, 11) is 0. The third kappa shape index (κ3) is 0.956. The molecule has 0 radical (unpaired) electrons. The van der Waals surface area contributed by atoms with Crippen LogP contribution in [0.2, 0.25) is 0 Å². The van der Waals surface area contributed by atoms with E-state index in [1.54, 1.807) is 0 Å². The molecule has 2 rings (SSSR count). The maximum Gasteiger partial charge on any atom is 0.0224 e. The van der Waals surface area contributed by atoms with E-state index >= 15 is 0 Å². The Hall–Kier alpha value is -0.0800. The SMILES string of the molecule is CC1CCC2CNCCN12. The molecule has 0 bridgehead atoms. The molecule has 2 unspecified atom stereocenters. The summed E-state index contributed by atoms with van der Waals surface area (Å²) >= 11 is 0. The monoisotopic (exact) mass is 140 g/mol. The number of piperazine rings is 1. The molecule has 0 aromatic carbocycles. The van der Waals surface area contributed by atoms with E-state index in [1.165, 1.54) is 32.5 Å². The lowest BCUT2D eigenvalue weighted by Crippen LogP contribution is -2.49. The van der Waals surface area contributed by atoms with Crippen molar-refractivity contribution in [3.05, 3.63) is 0 Å². The van der Waals surface area contributed by atoms with Crippen molar-refractivity contribution in [2.45, 2.75) is 31.8 Å². The first-order valence-electron chi connectivity index (χ1n) is 4.34. The molecule has 0 spiro atoms. The van der Waals surface area contributed by atoms with Crippen molar-refractivity contribution in [3.8, 4) is 0 Å². The van der Waals surface area contributed by atoms with Gasteiger partial charge in [0.2, 0.25) is 0 Å². The van der Waals surface area contributed by atoms with Gasteiger partial charge in [0.05, 0.1) is 0 Å². The van der Waals surface area contributed by atoms with E-state index in [1.807, 2.05) is 0 Å². The molecule has 0 aromatic rings. The topological polar surface area (TPSA) is 15.3 Å². The third-order valence-corrected chi connectivity index (χ3v) is 2.88. The molecular formula is C8H16N2. The van der Waals surface area contributed by atoms with Gasteiger partial charge in [-0.15, -0.1) is 0 Å². The number of nitrogens with one attached hydrogen (secondary N) is 1. The van der Waals surface area contributed by atoms with Crippen LogP contribution in [0.3, 0.4) is 0 Å². The lowest BCUT2D eigenvalue weighted by Gasteiger charge is -2.32. The first kappa shape index (κ1) is 6.62. The molecule has 58 valence electrons. The minimum atomic E-state index is 0.854. The van der Waals surface area contributed by atoms with Crippen molar-refractivity contribution in [1.29, 1.82) is 0 Å². The summed E-state index contributed by atoms with van der Waals surface area (Å²) in [4.78, 5) is 2.65. The normalized spacial score (nSPS) is 41.7. The number of hydrogen-bond acceptors (Lipinski definition) is 2. The molecule has 0 aliphatic carbocycles. The number of fused-ring (bicyclic) bond motifs is 1. The van der Waals surface area contributed by atoms with Crippen LogP contribution >= 0.6 is 0 Å². The maximum atomic E-state index is 3.44. The largest absolute Gasteiger partial charge is 0.314 e. The van der Waals surface area contributed by atoms with E-state index in [0.29, 0.717) is 0 Å². The first-order chi connectivity index (χ1) is 4.88. The van der Waals surface area contributed by atoms with Crippen LogP contribution in [-0.2, 0) is 0 Å². The van der Waals surface area contributed by atoms with Gasteiger partial charge in [-0.1, -0.05) is 0 Å². The summed E-state index contributed by atoms with van der Waals surface area (Å²) in [5.74, 6) is 0. The van der Waals surface area contributed by atoms with E-state index in [-0.39, 0.29) is 0 Å². The van der Waals surface area contributed by atoms with E-state index in [4.69, 9.17) is 0 Å². The molecule has 2 fully saturated rings. The molecule has 1 N–H and O–H groups in total. The highest BCUT2D eigenvalue weighted by atomic mass is 15.3. The van der Waals surface area contributed by atoms with Crippen LogP contribution in [0.25, 0.3) is 0 Å². The Bertz CT molecular complexity index is 122. The quantitative estimate of drug-likeness (QED) is 0.525. The number of rotatable bonds is 0. The molecule has 2 heterocycles. The van der Waals surface area contributed by atoms with E-state index < -0.39 is 0 Å². The van der Waals surface area contributed by atoms with Gasteiger partial charge in [0.15, 0.2) is 0 Å². The summed E-state index contributed by atoms with van der Waals surface area (Å²) in [6, 6.07) is 1.72. The van der Waals surface area contributed by atoms with E-state index in [9.17, 15) is 0 Å². The smallest absolute Gasteiger partial charge is 0.0224 e. The molecule has 10 heavy (non-hydrogen) atoms. The fraction of sp³-hybridized carbons (Fsp3) is 1.00. The third-order valence-electron chi connectivity index (χ3n) is 2.88. The van der Waals surface area contributed by atoms with Crippen LogP contribution in [0.4, 0.5) is 0 Å². The molecule has 0 saturated carbocycles. The van der Waals surface area contributed by atoms with Crippen LogP contribution in [0, 0.1) is 0 Å². The minimum absolute atomic E-state index is 0.854. The second-order valence-corrected chi connectivity index (χ2v) is 3.52. The van der Waals surface area contributed by atoms with Crippen molar-refractivity contribution in [2.75, 3.05) is 19.6 Å². The molecule has 0 amide bonds. The first-order valence-corrected chi connectivity index (χ1v) is 4.34. The van der Waals surface area contributed by atoms with Crippen molar-refractivity contribution in [2.24, 2.45) is 0 Å². The fourth-order valence-corrected chi connectivity index (χ4v) is 2.22. The Balaban J connectivity index is 2.01. The zero-order valence-corrected chi connectivity index (χ0v) is 6.64. The Labute approximate surface area is 62.6 Å². The van der Waals surface area contributed by atoms with Crippen LogP contribution in [0.5, 0.6) is 0 Å². The predicted molar refractivity (Wildman–Crippen MR) is 42.1 cm³/mol. The van der Waals surface area contributed by atoms with Gasteiger partial charge in [-0.25, -0.2) is 0 Å². The summed E-state index contributed by atoms with van der Waals surface area (Å²) < 4.78 is 0. The van der Waals surface area contributed by atoms with Gasteiger partial charge in [0, 0.05) is 31.7 Å². The summed E-state index contributed by atoms with van der Waals surface area (Å²) in [5.41, 5.74) is 0. The van der Waals surface area contributed by atoms with Gasteiger partial charge < -0.3 is 5.32 Å². The molecule has 2 aliphatic rings. The van der Waals surface area contributed by atoms with Crippen LogP contribution < -0.4 is 5.32 Å². The highest BCUT2D eigenvalue weighted by Gasteiger charge is 2.31. The van der Waals surface area contributed by atoms with Gasteiger partial charge in [0.1, 0.15) is 0 Å². The Morgan fingerprint density at radius 3 is 3.10 bits per heavy atom. The minimum Gasteiger partial charge on any atom is -0.314 e. The zero-order valence-electron chi connectivity index (χ0n) is 6.64. The van der Waals surface area contributed by atoms with Crippen LogP contribution in [0.1, 0.15) is 19.8 Å². The molecule has 2 atom stereocenters. The summed E-state index contributed by atoms with van der Waals surface area (Å²) in [6.45, 7) is 6.04. The van der Waals surface area contributed by atoms with E-state index in [0.717, 1.165) is 12.1 Å². The fourth-order valence-electron chi connectivity index (χ4n) is 2.22. The predicted octanol–water partition coefficient (Wildman–Crippen LogP) is 0.442. The molecule has 0 aromatic heterocycles. The van der Waals surface area contributed by atoms with Crippen molar-refractivity contribution in [1.82, 2.24) is 10.2 Å². The lowest BCUT2D eigenvalue weighted by atomic mass is 10.2. The molecule has 2 heteroatoms. The van der Waals surface area contributed by atoms with Gasteiger partial charge in [-0.05, 0) is 19.8 Å². The van der Waals surface area contributed by atoms with Crippen LogP contribution in [-0.4, -0.2) is 36.6 Å².